The van der Waals surface area contributed by atoms with Gasteiger partial charge in [-0.15, -0.1) is 0 Å². The van der Waals surface area contributed by atoms with Crippen LogP contribution in [0.15, 0.2) is 24.3 Å². The number of benzene rings is 1. The molecule has 0 saturated carbocycles. The maximum absolute atomic E-state index is 11.9. The Kier molecular flexibility index (Phi) is 6.45. The van der Waals surface area contributed by atoms with Crippen molar-refractivity contribution >= 4 is 6.09 Å². The summed E-state index contributed by atoms with van der Waals surface area (Å²) in [4.78, 5) is 11.9. The fourth-order valence-corrected chi connectivity index (χ4v) is 2.06. The van der Waals surface area contributed by atoms with Gasteiger partial charge in [-0.2, -0.15) is 0 Å². The van der Waals surface area contributed by atoms with Gasteiger partial charge < -0.3 is 20.1 Å². The van der Waals surface area contributed by atoms with Gasteiger partial charge in [0, 0.05) is 12.6 Å². The van der Waals surface area contributed by atoms with Gasteiger partial charge in [0.25, 0.3) is 0 Å². The summed E-state index contributed by atoms with van der Waals surface area (Å²) in [6, 6.07) is 8.09. The molecular weight excluding hydrogens is 292 g/mol. The molecule has 0 aromatic heterocycles. The van der Waals surface area contributed by atoms with Gasteiger partial charge in [-0.3, -0.25) is 0 Å². The molecule has 130 valence electrons. The molecule has 0 heterocycles. The summed E-state index contributed by atoms with van der Waals surface area (Å²) in [7, 11) is 1.66. The van der Waals surface area contributed by atoms with Crippen molar-refractivity contribution in [2.24, 2.45) is 0 Å². The predicted octanol–water partition coefficient (Wildman–Crippen LogP) is 3.65. The number of hydrogen-bond acceptors (Lipinski definition) is 4. The van der Waals surface area contributed by atoms with E-state index in [-0.39, 0.29) is 6.04 Å². The van der Waals surface area contributed by atoms with Crippen LogP contribution < -0.4 is 15.4 Å². The highest BCUT2D eigenvalue weighted by atomic mass is 16.6. The molecular formula is C18H30N2O3. The molecule has 5 nitrogen and oxygen atoms in total. The predicted molar refractivity (Wildman–Crippen MR) is 92.9 cm³/mol. The Bertz CT molecular complexity index is 521. The summed E-state index contributed by atoms with van der Waals surface area (Å²) in [5, 5.41) is 6.33. The first-order valence-corrected chi connectivity index (χ1v) is 7.91. The zero-order valence-electron chi connectivity index (χ0n) is 15.3. The molecule has 1 atom stereocenters. The molecule has 1 aromatic rings. The van der Waals surface area contributed by atoms with Crippen LogP contribution in [0.3, 0.4) is 0 Å². The maximum Gasteiger partial charge on any atom is 0.408 e. The first-order valence-electron chi connectivity index (χ1n) is 7.91. The molecule has 1 unspecified atom stereocenters. The number of methoxy groups -OCH3 is 1. The lowest BCUT2D eigenvalue weighted by molar-refractivity contribution is 0.0471. The summed E-state index contributed by atoms with van der Waals surface area (Å²) in [5.74, 6) is 0.835. The monoisotopic (exact) mass is 322 g/mol. The molecule has 1 aromatic carbocycles. The zero-order chi connectivity index (χ0) is 17.7. The Morgan fingerprint density at radius 3 is 2.43 bits per heavy atom. The Morgan fingerprint density at radius 2 is 1.87 bits per heavy atom. The van der Waals surface area contributed by atoms with Crippen molar-refractivity contribution in [1.82, 2.24) is 10.6 Å². The Balaban J connectivity index is 2.55. The van der Waals surface area contributed by atoms with Crippen molar-refractivity contribution in [2.75, 3.05) is 13.7 Å². The van der Waals surface area contributed by atoms with E-state index < -0.39 is 17.2 Å². The van der Waals surface area contributed by atoms with Gasteiger partial charge in [-0.05, 0) is 59.2 Å². The SMILES string of the molecule is COc1cccc(C(C)NCC(C)(C)NC(=O)OC(C)(C)C)c1. The van der Waals surface area contributed by atoms with Crippen LogP contribution in [-0.2, 0) is 4.74 Å². The number of alkyl carbamates (subject to hydrolysis) is 1. The van der Waals surface area contributed by atoms with Crippen LogP contribution >= 0.6 is 0 Å². The second-order valence-corrected chi connectivity index (χ2v) is 7.39. The standard InChI is InChI=1S/C18H30N2O3/c1-13(14-9-8-10-15(11-14)22-7)19-12-18(5,6)20-16(21)23-17(2,3)4/h8-11,13,19H,12H2,1-7H3,(H,20,21). The lowest BCUT2D eigenvalue weighted by atomic mass is 10.0. The van der Waals surface area contributed by atoms with E-state index in [1.807, 2.05) is 52.8 Å². The van der Waals surface area contributed by atoms with Crippen molar-refractivity contribution in [3.63, 3.8) is 0 Å². The van der Waals surface area contributed by atoms with Gasteiger partial charge in [0.1, 0.15) is 11.4 Å². The van der Waals surface area contributed by atoms with Crippen molar-refractivity contribution in [3.05, 3.63) is 29.8 Å². The number of ether oxygens (including phenoxy) is 2. The lowest BCUT2D eigenvalue weighted by Gasteiger charge is -2.30. The normalized spacial score (nSPS) is 13.3. The van der Waals surface area contributed by atoms with E-state index >= 15 is 0 Å². The van der Waals surface area contributed by atoms with E-state index in [4.69, 9.17) is 9.47 Å². The van der Waals surface area contributed by atoms with Gasteiger partial charge in [0.2, 0.25) is 0 Å². The molecule has 0 fully saturated rings. The zero-order valence-corrected chi connectivity index (χ0v) is 15.3. The average Bonchev–Trinajstić information content (AvgIpc) is 2.42. The number of rotatable bonds is 6. The Labute approximate surface area is 139 Å². The lowest BCUT2D eigenvalue weighted by Crippen LogP contribution is -2.51. The second kappa shape index (κ2) is 7.68. The first kappa shape index (κ1) is 19.3. The topological polar surface area (TPSA) is 59.6 Å². The third kappa shape index (κ3) is 7.37. The molecule has 0 saturated heterocycles. The van der Waals surface area contributed by atoms with E-state index in [9.17, 15) is 4.79 Å². The molecule has 5 heteroatoms. The van der Waals surface area contributed by atoms with Crippen LogP contribution in [0, 0.1) is 0 Å². The van der Waals surface area contributed by atoms with E-state index in [2.05, 4.69) is 23.6 Å². The maximum atomic E-state index is 11.9. The van der Waals surface area contributed by atoms with Gasteiger partial charge in [0.05, 0.1) is 12.6 Å². The van der Waals surface area contributed by atoms with Gasteiger partial charge in [-0.1, -0.05) is 12.1 Å². The summed E-state index contributed by atoms with van der Waals surface area (Å²) in [6.07, 6.45) is -0.404. The highest BCUT2D eigenvalue weighted by Gasteiger charge is 2.25. The quantitative estimate of drug-likeness (QED) is 0.839. The third-order valence-corrected chi connectivity index (χ3v) is 3.28. The molecule has 23 heavy (non-hydrogen) atoms. The van der Waals surface area contributed by atoms with Crippen LogP contribution in [0.4, 0.5) is 4.79 Å². The fraction of sp³-hybridized carbons (Fsp3) is 0.611. The van der Waals surface area contributed by atoms with E-state index in [1.54, 1.807) is 7.11 Å². The molecule has 0 radical (unpaired) electrons. The second-order valence-electron chi connectivity index (χ2n) is 7.39. The number of nitrogens with one attached hydrogen (secondary N) is 2. The Hall–Kier alpha value is -1.75. The Morgan fingerprint density at radius 1 is 1.22 bits per heavy atom. The fourth-order valence-electron chi connectivity index (χ4n) is 2.06. The largest absolute Gasteiger partial charge is 0.497 e. The van der Waals surface area contributed by atoms with Crippen LogP contribution in [0.25, 0.3) is 0 Å². The number of hydrogen-bond donors (Lipinski definition) is 2. The van der Waals surface area contributed by atoms with Gasteiger partial charge in [0.15, 0.2) is 0 Å². The highest BCUT2D eigenvalue weighted by Crippen LogP contribution is 2.19. The average molecular weight is 322 g/mol. The minimum Gasteiger partial charge on any atom is -0.497 e. The summed E-state index contributed by atoms with van der Waals surface area (Å²) >= 11 is 0. The molecule has 1 amide bonds. The van der Waals surface area contributed by atoms with Crippen molar-refractivity contribution in [1.29, 1.82) is 0 Å². The molecule has 1 rings (SSSR count). The van der Waals surface area contributed by atoms with Crippen molar-refractivity contribution in [3.8, 4) is 5.75 Å². The molecule has 0 aliphatic rings. The molecule has 0 aliphatic carbocycles. The summed E-state index contributed by atoms with van der Waals surface area (Å²) in [5.41, 5.74) is 0.217. The molecule has 0 spiro atoms. The minimum atomic E-state index is -0.499. The molecule has 0 aliphatic heterocycles. The third-order valence-electron chi connectivity index (χ3n) is 3.28. The number of carbonyl (C=O) groups is 1. The highest BCUT2D eigenvalue weighted by molar-refractivity contribution is 5.68. The van der Waals surface area contributed by atoms with Crippen LogP contribution in [-0.4, -0.2) is 30.9 Å². The molecule has 2 N–H and O–H groups in total. The smallest absolute Gasteiger partial charge is 0.408 e. The summed E-state index contributed by atoms with van der Waals surface area (Å²) in [6.45, 7) is 12.2. The van der Waals surface area contributed by atoms with Crippen LogP contribution in [0.2, 0.25) is 0 Å². The number of amides is 1. The van der Waals surface area contributed by atoms with Crippen LogP contribution in [0.1, 0.15) is 53.1 Å². The van der Waals surface area contributed by atoms with Gasteiger partial charge >= 0.3 is 6.09 Å². The van der Waals surface area contributed by atoms with E-state index in [1.165, 1.54) is 0 Å². The summed E-state index contributed by atoms with van der Waals surface area (Å²) < 4.78 is 10.5. The van der Waals surface area contributed by atoms with E-state index in [0.29, 0.717) is 6.54 Å². The number of carbonyl (C=O) groups excluding carboxylic acids is 1. The first-order chi connectivity index (χ1) is 10.5. The minimum absolute atomic E-state index is 0.143. The van der Waals surface area contributed by atoms with Gasteiger partial charge in [-0.25, -0.2) is 4.79 Å². The van der Waals surface area contributed by atoms with Crippen molar-refractivity contribution < 1.29 is 14.3 Å². The molecule has 0 bridgehead atoms. The van der Waals surface area contributed by atoms with Crippen LogP contribution in [0.5, 0.6) is 5.75 Å². The van der Waals surface area contributed by atoms with E-state index in [0.717, 1.165) is 11.3 Å². The van der Waals surface area contributed by atoms with Crippen molar-refractivity contribution in [2.45, 2.75) is 58.7 Å².